The maximum Gasteiger partial charge on any atom is 0.0530 e. The van der Waals surface area contributed by atoms with E-state index in [1.807, 2.05) is 25.3 Å². The minimum atomic E-state index is -0.0613. The largest absolute Gasteiger partial charge is 0.395 e. The van der Waals surface area contributed by atoms with Crippen molar-refractivity contribution in [2.24, 2.45) is 0 Å². The molecule has 0 unspecified atom stereocenters. The second-order valence-corrected chi connectivity index (χ2v) is 3.97. The van der Waals surface area contributed by atoms with Crippen molar-refractivity contribution in [3.63, 3.8) is 0 Å². The van der Waals surface area contributed by atoms with Crippen LogP contribution >= 0.6 is 11.3 Å². The van der Waals surface area contributed by atoms with Crippen LogP contribution in [0.4, 0.5) is 0 Å². The van der Waals surface area contributed by atoms with Crippen molar-refractivity contribution in [1.29, 1.82) is 0 Å². The predicted octanol–water partition coefficient (Wildman–Crippen LogP) is 2.02. The molecule has 1 aromatic rings. The van der Waals surface area contributed by atoms with Gasteiger partial charge in [-0.15, -0.1) is 11.3 Å². The number of hydrogen-bond donors (Lipinski definition) is 1. The molecular weight excluding hydrogens is 144 g/mol. The average Bonchev–Trinajstić information content (AvgIpc) is 2.38. The highest BCUT2D eigenvalue weighted by atomic mass is 32.1. The summed E-state index contributed by atoms with van der Waals surface area (Å²) in [6, 6.07) is 4.07. The van der Waals surface area contributed by atoms with E-state index in [1.165, 1.54) is 4.88 Å². The smallest absolute Gasteiger partial charge is 0.0530 e. The summed E-state index contributed by atoms with van der Waals surface area (Å²) in [5.41, 5.74) is -0.0613. The van der Waals surface area contributed by atoms with Crippen LogP contribution < -0.4 is 0 Å². The van der Waals surface area contributed by atoms with Gasteiger partial charge in [0.1, 0.15) is 0 Å². The third-order valence-corrected chi connectivity index (χ3v) is 2.82. The van der Waals surface area contributed by atoms with Crippen LogP contribution in [-0.4, -0.2) is 11.7 Å². The molecule has 1 N–H and O–H groups in total. The van der Waals surface area contributed by atoms with Gasteiger partial charge in [-0.05, 0) is 11.4 Å². The lowest BCUT2D eigenvalue weighted by atomic mass is 9.93. The Morgan fingerprint density at radius 3 is 2.70 bits per heavy atom. The molecule has 56 valence electrons. The normalized spacial score (nSPS) is 11.9. The highest BCUT2D eigenvalue weighted by molar-refractivity contribution is 7.10. The van der Waals surface area contributed by atoms with Gasteiger partial charge in [0.15, 0.2) is 0 Å². The zero-order valence-corrected chi connectivity index (χ0v) is 7.11. The van der Waals surface area contributed by atoms with Crippen molar-refractivity contribution < 1.29 is 5.11 Å². The zero-order valence-electron chi connectivity index (χ0n) is 6.29. The Morgan fingerprint density at radius 2 is 2.30 bits per heavy atom. The Morgan fingerprint density at radius 1 is 1.60 bits per heavy atom. The van der Waals surface area contributed by atoms with E-state index in [4.69, 9.17) is 5.11 Å². The molecular formula is C8H12OS. The van der Waals surface area contributed by atoms with Gasteiger partial charge in [-0.2, -0.15) is 0 Å². The molecule has 0 aliphatic carbocycles. The van der Waals surface area contributed by atoms with Crippen molar-refractivity contribution in [2.75, 3.05) is 6.61 Å². The van der Waals surface area contributed by atoms with E-state index in [0.717, 1.165) is 0 Å². The molecule has 0 aliphatic rings. The lowest BCUT2D eigenvalue weighted by Gasteiger charge is -2.18. The van der Waals surface area contributed by atoms with Gasteiger partial charge in [-0.3, -0.25) is 0 Å². The second kappa shape index (κ2) is 2.72. The minimum absolute atomic E-state index is 0.0613. The molecule has 1 aromatic heterocycles. The molecule has 0 spiro atoms. The Labute approximate surface area is 65.3 Å². The van der Waals surface area contributed by atoms with Gasteiger partial charge >= 0.3 is 0 Å². The van der Waals surface area contributed by atoms with E-state index in [0.29, 0.717) is 0 Å². The van der Waals surface area contributed by atoms with Gasteiger partial charge in [0.25, 0.3) is 0 Å². The number of rotatable bonds is 2. The third kappa shape index (κ3) is 1.39. The summed E-state index contributed by atoms with van der Waals surface area (Å²) in [4.78, 5) is 1.25. The molecule has 0 fully saturated rings. The molecule has 2 heteroatoms. The molecule has 0 bridgehead atoms. The quantitative estimate of drug-likeness (QED) is 0.694. The molecule has 1 heterocycles. The lowest BCUT2D eigenvalue weighted by Crippen LogP contribution is -2.20. The predicted molar refractivity (Wildman–Crippen MR) is 44.4 cm³/mol. The van der Waals surface area contributed by atoms with Gasteiger partial charge in [0.05, 0.1) is 6.61 Å². The van der Waals surface area contributed by atoms with E-state index in [1.54, 1.807) is 11.3 Å². The van der Waals surface area contributed by atoms with Gasteiger partial charge < -0.3 is 5.11 Å². The summed E-state index contributed by atoms with van der Waals surface area (Å²) in [6.07, 6.45) is 0. The van der Waals surface area contributed by atoms with Gasteiger partial charge in [0.2, 0.25) is 0 Å². The summed E-state index contributed by atoms with van der Waals surface area (Å²) in [7, 11) is 0. The molecule has 0 aromatic carbocycles. The zero-order chi connectivity index (χ0) is 7.61. The molecule has 1 nitrogen and oxygen atoms in total. The Hall–Kier alpha value is -0.340. The Balaban J connectivity index is 2.85. The molecule has 10 heavy (non-hydrogen) atoms. The maximum absolute atomic E-state index is 8.97. The SMILES string of the molecule is CC(C)(CO)c1cccs1. The van der Waals surface area contributed by atoms with Crippen LogP contribution in [0.2, 0.25) is 0 Å². The number of thiophene rings is 1. The molecule has 0 saturated heterocycles. The fraction of sp³-hybridized carbons (Fsp3) is 0.500. The maximum atomic E-state index is 8.97. The second-order valence-electron chi connectivity index (χ2n) is 3.02. The Bertz CT molecular complexity index is 189. The van der Waals surface area contributed by atoms with Crippen molar-refractivity contribution in [2.45, 2.75) is 19.3 Å². The van der Waals surface area contributed by atoms with Crippen molar-refractivity contribution in [3.05, 3.63) is 22.4 Å². The van der Waals surface area contributed by atoms with E-state index in [9.17, 15) is 0 Å². The van der Waals surface area contributed by atoms with Crippen LogP contribution in [0.15, 0.2) is 17.5 Å². The molecule has 1 rings (SSSR count). The van der Waals surface area contributed by atoms with Crippen molar-refractivity contribution in [1.82, 2.24) is 0 Å². The van der Waals surface area contributed by atoms with Gasteiger partial charge in [-0.1, -0.05) is 19.9 Å². The monoisotopic (exact) mass is 156 g/mol. The average molecular weight is 156 g/mol. The fourth-order valence-corrected chi connectivity index (χ4v) is 1.59. The van der Waals surface area contributed by atoms with Crippen LogP contribution in [0, 0.1) is 0 Å². The molecule has 0 atom stereocenters. The van der Waals surface area contributed by atoms with Crippen LogP contribution in [0.3, 0.4) is 0 Å². The van der Waals surface area contributed by atoms with Crippen LogP contribution in [-0.2, 0) is 5.41 Å². The van der Waals surface area contributed by atoms with Crippen molar-refractivity contribution in [3.8, 4) is 0 Å². The standard InChI is InChI=1S/C8H12OS/c1-8(2,6-9)7-4-3-5-10-7/h3-5,9H,6H2,1-2H3. The lowest BCUT2D eigenvalue weighted by molar-refractivity contribution is 0.221. The third-order valence-electron chi connectivity index (χ3n) is 1.58. The molecule has 0 amide bonds. The molecule has 0 aliphatic heterocycles. The first-order chi connectivity index (χ1) is 4.67. The summed E-state index contributed by atoms with van der Waals surface area (Å²) >= 11 is 1.69. The minimum Gasteiger partial charge on any atom is -0.395 e. The van der Waals surface area contributed by atoms with Crippen LogP contribution in [0.25, 0.3) is 0 Å². The fourth-order valence-electron chi connectivity index (χ4n) is 0.742. The van der Waals surface area contributed by atoms with Crippen LogP contribution in [0.1, 0.15) is 18.7 Å². The van der Waals surface area contributed by atoms with E-state index >= 15 is 0 Å². The first-order valence-electron chi connectivity index (χ1n) is 3.31. The first-order valence-corrected chi connectivity index (χ1v) is 4.19. The molecule has 0 saturated carbocycles. The van der Waals surface area contributed by atoms with E-state index < -0.39 is 0 Å². The summed E-state index contributed by atoms with van der Waals surface area (Å²) in [5.74, 6) is 0. The van der Waals surface area contributed by atoms with Gasteiger partial charge in [0, 0.05) is 10.3 Å². The van der Waals surface area contributed by atoms with Gasteiger partial charge in [-0.25, -0.2) is 0 Å². The number of aliphatic hydroxyl groups excluding tert-OH is 1. The first kappa shape index (κ1) is 7.76. The van der Waals surface area contributed by atoms with E-state index in [-0.39, 0.29) is 12.0 Å². The summed E-state index contributed by atoms with van der Waals surface area (Å²) < 4.78 is 0. The summed E-state index contributed by atoms with van der Waals surface area (Å²) in [6.45, 7) is 4.30. The Kier molecular flexibility index (Phi) is 2.11. The van der Waals surface area contributed by atoms with E-state index in [2.05, 4.69) is 6.07 Å². The van der Waals surface area contributed by atoms with Crippen molar-refractivity contribution >= 4 is 11.3 Å². The number of hydrogen-bond acceptors (Lipinski definition) is 2. The summed E-state index contributed by atoms with van der Waals surface area (Å²) in [5, 5.41) is 11.0. The highest BCUT2D eigenvalue weighted by Crippen LogP contribution is 2.26. The number of aliphatic hydroxyl groups is 1. The topological polar surface area (TPSA) is 20.2 Å². The molecule has 0 radical (unpaired) electrons. The highest BCUT2D eigenvalue weighted by Gasteiger charge is 2.19. The van der Waals surface area contributed by atoms with Crippen LogP contribution in [0.5, 0.6) is 0 Å².